The Balaban J connectivity index is 1.50. The van der Waals surface area contributed by atoms with Gasteiger partial charge in [-0.25, -0.2) is 4.39 Å². The Morgan fingerprint density at radius 3 is 2.63 bits per heavy atom. The van der Waals surface area contributed by atoms with Gasteiger partial charge in [-0.15, -0.1) is 0 Å². The van der Waals surface area contributed by atoms with Gasteiger partial charge in [0.2, 0.25) is 5.91 Å². The van der Waals surface area contributed by atoms with E-state index in [9.17, 15) is 9.18 Å². The molecule has 0 bridgehead atoms. The predicted molar refractivity (Wildman–Crippen MR) is 97.0 cm³/mol. The first-order chi connectivity index (χ1) is 13.1. The number of halogens is 1. The number of carbonyl (C=O) groups excluding carboxylic acids is 1. The minimum atomic E-state index is -0.333. The molecule has 1 aromatic heterocycles. The van der Waals surface area contributed by atoms with Crippen LogP contribution in [0.3, 0.4) is 0 Å². The van der Waals surface area contributed by atoms with Crippen LogP contribution in [0, 0.1) is 5.82 Å². The minimum absolute atomic E-state index is 0.0426. The van der Waals surface area contributed by atoms with Gasteiger partial charge in [-0.2, -0.15) is 4.98 Å². The van der Waals surface area contributed by atoms with Crippen molar-refractivity contribution in [2.24, 2.45) is 0 Å². The third kappa shape index (κ3) is 3.53. The summed E-state index contributed by atoms with van der Waals surface area (Å²) in [6.45, 7) is 2.97. The maximum Gasteiger partial charge on any atom is 0.257 e. The van der Waals surface area contributed by atoms with E-state index in [-0.39, 0.29) is 17.6 Å². The topological polar surface area (TPSA) is 68.5 Å². The van der Waals surface area contributed by atoms with Crippen LogP contribution in [0.2, 0.25) is 0 Å². The molecule has 6 nitrogen and oxygen atoms in total. The molecule has 27 heavy (non-hydrogen) atoms. The molecule has 0 N–H and O–H groups in total. The number of hydrogen-bond acceptors (Lipinski definition) is 5. The van der Waals surface area contributed by atoms with Gasteiger partial charge >= 0.3 is 0 Å². The predicted octanol–water partition coefficient (Wildman–Crippen LogP) is 3.79. The van der Waals surface area contributed by atoms with Crippen LogP contribution in [0.15, 0.2) is 53.1 Å². The van der Waals surface area contributed by atoms with Gasteiger partial charge in [0.05, 0.1) is 6.61 Å². The summed E-state index contributed by atoms with van der Waals surface area (Å²) in [7, 11) is 0. The van der Waals surface area contributed by atoms with Crippen LogP contribution in [-0.4, -0.2) is 29.2 Å². The van der Waals surface area contributed by atoms with Crippen LogP contribution in [0.1, 0.15) is 25.1 Å². The first-order valence-corrected chi connectivity index (χ1v) is 8.77. The van der Waals surface area contributed by atoms with E-state index in [0.717, 1.165) is 11.3 Å². The number of hydrogen-bond donors (Lipinski definition) is 0. The lowest BCUT2D eigenvalue weighted by Crippen LogP contribution is -2.24. The Morgan fingerprint density at radius 1 is 1.19 bits per heavy atom. The second-order valence-electron chi connectivity index (χ2n) is 6.30. The van der Waals surface area contributed by atoms with Crippen molar-refractivity contribution in [3.05, 3.63) is 60.2 Å². The van der Waals surface area contributed by atoms with Gasteiger partial charge in [-0.3, -0.25) is 4.79 Å². The zero-order chi connectivity index (χ0) is 18.8. The van der Waals surface area contributed by atoms with E-state index >= 15 is 0 Å². The number of rotatable bonds is 5. The van der Waals surface area contributed by atoms with Crippen molar-refractivity contribution >= 4 is 11.6 Å². The lowest BCUT2D eigenvalue weighted by atomic mass is 10.1. The normalized spacial score (nSPS) is 16.7. The van der Waals surface area contributed by atoms with E-state index in [1.165, 1.54) is 12.1 Å². The average Bonchev–Trinajstić information content (AvgIpc) is 3.30. The second-order valence-corrected chi connectivity index (χ2v) is 6.30. The molecule has 1 fully saturated rings. The third-order valence-electron chi connectivity index (χ3n) is 4.48. The molecule has 0 spiro atoms. The molecule has 138 valence electrons. The van der Waals surface area contributed by atoms with Gasteiger partial charge in [0.15, 0.2) is 5.82 Å². The number of ether oxygens (including phenoxy) is 1. The number of nitrogens with zero attached hydrogens (tertiary/aromatic N) is 3. The van der Waals surface area contributed by atoms with E-state index in [2.05, 4.69) is 10.1 Å². The lowest BCUT2D eigenvalue weighted by molar-refractivity contribution is -0.117. The number of aromatic nitrogens is 2. The molecule has 3 aromatic rings. The molecule has 1 saturated heterocycles. The highest BCUT2D eigenvalue weighted by molar-refractivity contribution is 5.96. The average molecular weight is 367 g/mol. The second kappa shape index (κ2) is 7.19. The van der Waals surface area contributed by atoms with Crippen molar-refractivity contribution in [3.8, 4) is 17.2 Å². The standard InChI is InChI=1S/C20H18FN3O3/c1-2-26-17-9-3-13(4-10-17)20-22-19(23-27-20)14-11-18(25)24(12-14)16-7-5-15(21)6-8-16/h3-10,14H,2,11-12H2,1H3/t14-/m0/s1. The van der Waals surface area contributed by atoms with Gasteiger partial charge in [0.25, 0.3) is 5.89 Å². The summed E-state index contributed by atoms with van der Waals surface area (Å²) in [6.07, 6.45) is 0.291. The fourth-order valence-corrected chi connectivity index (χ4v) is 3.13. The zero-order valence-electron chi connectivity index (χ0n) is 14.8. The van der Waals surface area contributed by atoms with Crippen LogP contribution in [0.4, 0.5) is 10.1 Å². The summed E-state index contributed by atoms with van der Waals surface area (Å²) in [6, 6.07) is 13.3. The van der Waals surface area contributed by atoms with Crippen molar-refractivity contribution in [2.45, 2.75) is 19.3 Å². The van der Waals surface area contributed by atoms with Gasteiger partial charge in [0, 0.05) is 30.1 Å². The van der Waals surface area contributed by atoms with Crippen LogP contribution in [0.25, 0.3) is 11.5 Å². The van der Waals surface area contributed by atoms with Crippen molar-refractivity contribution < 1.29 is 18.4 Å². The van der Waals surface area contributed by atoms with Gasteiger partial charge in [-0.1, -0.05) is 5.16 Å². The van der Waals surface area contributed by atoms with Gasteiger partial charge < -0.3 is 14.2 Å². The number of benzene rings is 2. The quantitative estimate of drug-likeness (QED) is 0.686. The maximum absolute atomic E-state index is 13.1. The molecule has 0 aliphatic carbocycles. The third-order valence-corrected chi connectivity index (χ3v) is 4.48. The summed E-state index contributed by atoms with van der Waals surface area (Å²) in [4.78, 5) is 18.4. The Morgan fingerprint density at radius 2 is 1.93 bits per heavy atom. The highest BCUT2D eigenvalue weighted by Gasteiger charge is 2.34. The Kier molecular flexibility index (Phi) is 4.58. The van der Waals surface area contributed by atoms with Crippen molar-refractivity contribution in [1.82, 2.24) is 10.1 Å². The van der Waals surface area contributed by atoms with Crippen molar-refractivity contribution in [3.63, 3.8) is 0 Å². The SMILES string of the molecule is CCOc1ccc(-c2nc([C@H]3CC(=O)N(c4ccc(F)cc4)C3)no2)cc1. The van der Waals surface area contributed by atoms with Crippen LogP contribution >= 0.6 is 0 Å². The molecule has 1 amide bonds. The van der Waals surface area contributed by atoms with Gasteiger partial charge in [-0.05, 0) is 55.5 Å². The smallest absolute Gasteiger partial charge is 0.257 e. The Hall–Kier alpha value is -3.22. The molecule has 4 rings (SSSR count). The summed E-state index contributed by atoms with van der Waals surface area (Å²) < 4.78 is 23.9. The molecule has 1 atom stereocenters. The van der Waals surface area contributed by atoms with Crippen molar-refractivity contribution in [1.29, 1.82) is 0 Å². The van der Waals surface area contributed by atoms with Crippen LogP contribution < -0.4 is 9.64 Å². The Labute approximate surface area is 155 Å². The number of carbonyl (C=O) groups is 1. The molecule has 1 aliphatic heterocycles. The lowest BCUT2D eigenvalue weighted by Gasteiger charge is -2.15. The summed E-state index contributed by atoms with van der Waals surface area (Å²) >= 11 is 0. The molecule has 1 aliphatic rings. The van der Waals surface area contributed by atoms with Crippen molar-refractivity contribution in [2.75, 3.05) is 18.1 Å². The first kappa shape index (κ1) is 17.2. The highest BCUT2D eigenvalue weighted by Crippen LogP contribution is 2.31. The highest BCUT2D eigenvalue weighted by atomic mass is 19.1. The number of amides is 1. The molecule has 0 unspecified atom stereocenters. The number of anilines is 1. The monoisotopic (exact) mass is 367 g/mol. The van der Waals surface area contributed by atoms with Crippen LogP contribution in [-0.2, 0) is 4.79 Å². The zero-order valence-corrected chi connectivity index (χ0v) is 14.8. The largest absolute Gasteiger partial charge is 0.494 e. The maximum atomic E-state index is 13.1. The molecular formula is C20H18FN3O3. The molecule has 0 radical (unpaired) electrons. The van der Waals surface area contributed by atoms with Crippen LogP contribution in [0.5, 0.6) is 5.75 Å². The van der Waals surface area contributed by atoms with E-state index in [4.69, 9.17) is 9.26 Å². The molecule has 0 saturated carbocycles. The fraction of sp³-hybridized carbons (Fsp3) is 0.250. The van der Waals surface area contributed by atoms with E-state index in [0.29, 0.717) is 37.0 Å². The molecule has 2 heterocycles. The fourth-order valence-electron chi connectivity index (χ4n) is 3.13. The molecular weight excluding hydrogens is 349 g/mol. The molecule has 2 aromatic carbocycles. The summed E-state index contributed by atoms with van der Waals surface area (Å²) in [5, 5.41) is 4.05. The van der Waals surface area contributed by atoms with Gasteiger partial charge in [0.1, 0.15) is 11.6 Å². The minimum Gasteiger partial charge on any atom is -0.494 e. The van der Waals surface area contributed by atoms with E-state index in [1.54, 1.807) is 17.0 Å². The Bertz CT molecular complexity index is 938. The first-order valence-electron chi connectivity index (χ1n) is 8.77. The molecule has 7 heteroatoms. The van der Waals surface area contributed by atoms with E-state index in [1.807, 2.05) is 31.2 Å². The summed E-state index contributed by atoms with van der Waals surface area (Å²) in [5.41, 5.74) is 1.45. The summed E-state index contributed by atoms with van der Waals surface area (Å²) in [5.74, 6) is 1.14. The van der Waals surface area contributed by atoms with E-state index < -0.39 is 0 Å².